The Balaban J connectivity index is 1.69. The van der Waals surface area contributed by atoms with E-state index in [1.165, 1.54) is 42.9 Å². The monoisotopic (exact) mass is 469 g/mol. The van der Waals surface area contributed by atoms with Gasteiger partial charge in [0.15, 0.2) is 0 Å². The number of carboxylic acids is 1. The number of carboxylic acid groups (broad SMARTS) is 1. The van der Waals surface area contributed by atoms with Gasteiger partial charge in [-0.15, -0.1) is 0 Å². The van der Waals surface area contributed by atoms with Crippen molar-refractivity contribution in [3.63, 3.8) is 0 Å². The van der Waals surface area contributed by atoms with Gasteiger partial charge in [0.25, 0.3) is 10.0 Å². The molecule has 9 nitrogen and oxygen atoms in total. The normalized spacial score (nSPS) is 11.3. The van der Waals surface area contributed by atoms with Crippen LogP contribution in [0.5, 0.6) is 0 Å². The van der Waals surface area contributed by atoms with Crippen LogP contribution in [0.1, 0.15) is 15.9 Å². The average Bonchev–Trinajstić information content (AvgIpc) is 2.77. The molecule has 0 radical (unpaired) electrons. The minimum atomic E-state index is -3.89. The molecule has 2 aromatic carbocycles. The van der Waals surface area contributed by atoms with E-state index in [2.05, 4.69) is 25.0 Å². The number of sulfonamides is 1. The van der Waals surface area contributed by atoms with Crippen molar-refractivity contribution in [3.05, 3.63) is 77.2 Å². The number of nitrogens with one attached hydrogen (secondary N) is 2. The summed E-state index contributed by atoms with van der Waals surface area (Å²) in [6.07, 6.45) is 4.11. The molecule has 2 aromatic heterocycles. The number of rotatable bonds is 6. The highest BCUT2D eigenvalue weighted by Crippen LogP contribution is 2.33. The molecule has 32 heavy (non-hydrogen) atoms. The van der Waals surface area contributed by atoms with Crippen LogP contribution in [0.2, 0.25) is 5.02 Å². The maximum Gasteiger partial charge on any atom is 0.339 e. The molecule has 162 valence electrons. The van der Waals surface area contributed by atoms with Crippen molar-refractivity contribution in [2.45, 2.75) is 11.8 Å². The van der Waals surface area contributed by atoms with Crippen molar-refractivity contribution in [1.29, 1.82) is 0 Å². The van der Waals surface area contributed by atoms with Crippen molar-refractivity contribution in [3.8, 4) is 0 Å². The maximum absolute atomic E-state index is 12.5. The van der Waals surface area contributed by atoms with Gasteiger partial charge in [-0.05, 0) is 55.0 Å². The van der Waals surface area contributed by atoms with E-state index in [9.17, 15) is 18.3 Å². The average molecular weight is 470 g/mol. The Morgan fingerprint density at radius 2 is 1.72 bits per heavy atom. The molecule has 4 rings (SSSR count). The van der Waals surface area contributed by atoms with E-state index in [0.29, 0.717) is 27.3 Å². The van der Waals surface area contributed by atoms with Gasteiger partial charge in [-0.2, -0.15) is 0 Å². The lowest BCUT2D eigenvalue weighted by Crippen LogP contribution is -2.14. The third-order valence-corrected chi connectivity index (χ3v) is 6.44. The summed E-state index contributed by atoms with van der Waals surface area (Å²) in [5.74, 6) is -1.20. The van der Waals surface area contributed by atoms with Crippen LogP contribution in [0.3, 0.4) is 0 Å². The number of fused-ring (bicyclic) bond motifs is 1. The first-order valence-electron chi connectivity index (χ1n) is 9.24. The summed E-state index contributed by atoms with van der Waals surface area (Å²) in [6, 6.07) is 10.8. The summed E-state index contributed by atoms with van der Waals surface area (Å²) < 4.78 is 27.4. The van der Waals surface area contributed by atoms with Gasteiger partial charge in [-0.1, -0.05) is 11.6 Å². The van der Waals surface area contributed by atoms with Crippen LogP contribution in [0, 0.1) is 6.92 Å². The maximum atomic E-state index is 12.5. The van der Waals surface area contributed by atoms with Gasteiger partial charge < -0.3 is 10.4 Å². The second-order valence-electron chi connectivity index (χ2n) is 6.75. The molecule has 0 saturated carbocycles. The Labute approximate surface area is 188 Å². The van der Waals surface area contributed by atoms with E-state index in [1.54, 1.807) is 25.1 Å². The predicted molar refractivity (Wildman–Crippen MR) is 121 cm³/mol. The fraction of sp³-hybridized carbons (Fsp3) is 0.0476. The molecule has 0 atom stereocenters. The van der Waals surface area contributed by atoms with E-state index in [-0.39, 0.29) is 16.4 Å². The second-order valence-corrected chi connectivity index (χ2v) is 8.84. The van der Waals surface area contributed by atoms with Gasteiger partial charge >= 0.3 is 5.97 Å². The first-order chi connectivity index (χ1) is 15.3. The largest absolute Gasteiger partial charge is 0.478 e. The lowest BCUT2D eigenvalue weighted by molar-refractivity contribution is 0.0697. The SMILES string of the molecule is Cc1c(Cl)ccc2c(Nc3ccc(S(=O)(=O)Nc4ncccn4)cc3)c(C(=O)O)cnc12. The summed E-state index contributed by atoms with van der Waals surface area (Å²) >= 11 is 6.17. The number of hydrogen-bond donors (Lipinski definition) is 3. The highest BCUT2D eigenvalue weighted by molar-refractivity contribution is 7.92. The number of hydrogen-bond acceptors (Lipinski definition) is 7. The summed E-state index contributed by atoms with van der Waals surface area (Å²) in [4.78, 5) is 23.7. The van der Waals surface area contributed by atoms with E-state index in [1.807, 2.05) is 0 Å². The summed E-state index contributed by atoms with van der Waals surface area (Å²) in [5, 5.41) is 13.8. The number of benzene rings is 2. The zero-order valence-electron chi connectivity index (χ0n) is 16.6. The molecule has 0 spiro atoms. The van der Waals surface area contributed by atoms with Gasteiger partial charge in [0.1, 0.15) is 5.56 Å². The fourth-order valence-corrected chi connectivity index (χ4v) is 4.18. The van der Waals surface area contributed by atoms with E-state index in [4.69, 9.17) is 11.6 Å². The van der Waals surface area contributed by atoms with Crippen LogP contribution in [0.25, 0.3) is 10.9 Å². The Kier molecular flexibility index (Phi) is 5.64. The minimum absolute atomic E-state index is 0.00354. The lowest BCUT2D eigenvalue weighted by atomic mass is 10.1. The van der Waals surface area contributed by atoms with E-state index >= 15 is 0 Å². The van der Waals surface area contributed by atoms with E-state index in [0.717, 1.165) is 5.56 Å². The topological polar surface area (TPSA) is 134 Å². The molecule has 0 bridgehead atoms. The third kappa shape index (κ3) is 4.18. The molecule has 0 aliphatic heterocycles. The van der Waals surface area contributed by atoms with Crippen LogP contribution in [-0.2, 0) is 10.0 Å². The summed E-state index contributed by atoms with van der Waals surface area (Å²) in [6.45, 7) is 1.80. The molecule has 0 unspecified atom stereocenters. The molecule has 11 heteroatoms. The van der Waals surface area contributed by atoms with Crippen molar-refractivity contribution in [2.24, 2.45) is 0 Å². The van der Waals surface area contributed by atoms with Gasteiger partial charge in [-0.3, -0.25) is 4.98 Å². The third-order valence-electron chi connectivity index (χ3n) is 4.68. The van der Waals surface area contributed by atoms with E-state index < -0.39 is 16.0 Å². The number of carbonyl (C=O) groups is 1. The van der Waals surface area contributed by atoms with Crippen molar-refractivity contribution in [1.82, 2.24) is 15.0 Å². The molecule has 0 amide bonds. The fourth-order valence-electron chi connectivity index (χ4n) is 3.07. The molecular formula is C21H16ClN5O4S. The predicted octanol–water partition coefficient (Wildman–Crippen LogP) is 4.23. The molecular weight excluding hydrogens is 454 g/mol. The highest BCUT2D eigenvalue weighted by Gasteiger charge is 2.18. The van der Waals surface area contributed by atoms with Gasteiger partial charge in [0, 0.05) is 34.7 Å². The van der Waals surface area contributed by atoms with Gasteiger partial charge in [-0.25, -0.2) is 27.9 Å². The number of pyridine rings is 1. The van der Waals surface area contributed by atoms with Crippen LogP contribution < -0.4 is 10.0 Å². The Morgan fingerprint density at radius 1 is 1.03 bits per heavy atom. The highest BCUT2D eigenvalue weighted by atomic mass is 35.5. The lowest BCUT2D eigenvalue weighted by Gasteiger charge is -2.14. The first-order valence-corrected chi connectivity index (χ1v) is 11.1. The number of aryl methyl sites for hydroxylation is 1. The number of halogens is 1. The van der Waals surface area contributed by atoms with Crippen molar-refractivity contribution in [2.75, 3.05) is 10.0 Å². The Morgan fingerprint density at radius 3 is 2.38 bits per heavy atom. The molecule has 0 saturated heterocycles. The van der Waals surface area contributed by atoms with Crippen LogP contribution in [0.4, 0.5) is 17.3 Å². The smallest absolute Gasteiger partial charge is 0.339 e. The Hall–Kier alpha value is -3.76. The number of aromatic nitrogens is 3. The first kappa shape index (κ1) is 21.5. The number of nitrogens with zero attached hydrogens (tertiary/aromatic N) is 3. The number of anilines is 3. The van der Waals surface area contributed by atoms with Crippen LogP contribution in [-0.4, -0.2) is 34.4 Å². The quantitative estimate of drug-likeness (QED) is 0.382. The molecule has 2 heterocycles. The summed E-state index contributed by atoms with van der Waals surface area (Å²) in [5.41, 5.74) is 2.08. The number of aromatic carboxylic acids is 1. The minimum Gasteiger partial charge on any atom is -0.478 e. The zero-order chi connectivity index (χ0) is 22.9. The second kappa shape index (κ2) is 8.40. The van der Waals surface area contributed by atoms with Crippen molar-refractivity contribution < 1.29 is 18.3 Å². The van der Waals surface area contributed by atoms with Crippen molar-refractivity contribution >= 4 is 55.8 Å². The molecule has 4 aromatic rings. The summed E-state index contributed by atoms with van der Waals surface area (Å²) in [7, 11) is -3.89. The van der Waals surface area contributed by atoms with Crippen LogP contribution >= 0.6 is 11.6 Å². The standard InChI is InChI=1S/C21H16ClN5O4S/c1-12-17(22)8-7-15-18(12)25-11-16(20(28)29)19(15)26-13-3-5-14(6-4-13)32(30,31)27-21-23-9-2-10-24-21/h2-11H,1H3,(H,25,26)(H,28,29)(H,23,24,27). The molecule has 0 aliphatic carbocycles. The zero-order valence-corrected chi connectivity index (χ0v) is 18.1. The van der Waals surface area contributed by atoms with Crippen LogP contribution in [0.15, 0.2) is 66.0 Å². The van der Waals surface area contributed by atoms with Gasteiger partial charge in [0.2, 0.25) is 5.95 Å². The molecule has 3 N–H and O–H groups in total. The Bertz CT molecular complexity index is 1430. The molecule has 0 aliphatic rings. The van der Waals surface area contributed by atoms with Gasteiger partial charge in [0.05, 0.1) is 16.1 Å². The molecule has 0 fully saturated rings.